The summed E-state index contributed by atoms with van der Waals surface area (Å²) in [7, 11) is 0. The first-order valence-corrected chi connectivity index (χ1v) is 8.20. The normalized spacial score (nSPS) is 10.7. The highest BCUT2D eigenvalue weighted by atomic mass is 79.9. The molecule has 1 amide bonds. The molecule has 0 fully saturated rings. The zero-order chi connectivity index (χ0) is 15.7. The Morgan fingerprint density at radius 1 is 1.32 bits per heavy atom. The summed E-state index contributed by atoms with van der Waals surface area (Å²) in [6.07, 6.45) is 1.59. The van der Waals surface area contributed by atoms with Crippen LogP contribution in [0.25, 0.3) is 5.69 Å². The van der Waals surface area contributed by atoms with E-state index in [2.05, 4.69) is 31.3 Å². The third-order valence-electron chi connectivity index (χ3n) is 2.97. The molecule has 2 aromatic heterocycles. The molecular formula is C15H13BrN4OS. The number of halogens is 1. The molecule has 2 heterocycles. The van der Waals surface area contributed by atoms with Crippen molar-refractivity contribution in [3.05, 3.63) is 56.6 Å². The monoisotopic (exact) mass is 376 g/mol. The van der Waals surface area contributed by atoms with Crippen LogP contribution in [0.1, 0.15) is 20.4 Å². The predicted octanol–water partition coefficient (Wildman–Crippen LogP) is 3.96. The molecule has 1 aromatic carbocycles. The summed E-state index contributed by atoms with van der Waals surface area (Å²) in [4.78, 5) is 17.0. The maximum Gasteiger partial charge on any atom is 0.268 e. The number of hydrogen-bond donors (Lipinski definition) is 1. The Morgan fingerprint density at radius 2 is 2.14 bits per heavy atom. The van der Waals surface area contributed by atoms with E-state index in [1.165, 1.54) is 11.3 Å². The van der Waals surface area contributed by atoms with Crippen molar-refractivity contribution in [2.45, 2.75) is 13.8 Å². The number of amides is 1. The van der Waals surface area contributed by atoms with Gasteiger partial charge in [0, 0.05) is 10.5 Å². The first kappa shape index (κ1) is 14.9. The number of rotatable bonds is 3. The second-order valence-electron chi connectivity index (χ2n) is 4.76. The fourth-order valence-electron chi connectivity index (χ4n) is 2.04. The Balaban J connectivity index is 1.93. The van der Waals surface area contributed by atoms with Crippen LogP contribution in [-0.2, 0) is 0 Å². The van der Waals surface area contributed by atoms with Crippen LogP contribution in [0.2, 0.25) is 0 Å². The Bertz CT molecular complexity index is 840. The SMILES string of the molecule is Cc1cc(NC(=O)c2cnc(C)s2)n(-c2cccc(Br)c2)n1. The van der Waals surface area contributed by atoms with Gasteiger partial charge in [-0.15, -0.1) is 11.3 Å². The van der Waals surface area contributed by atoms with Crippen molar-refractivity contribution in [1.29, 1.82) is 0 Å². The molecule has 0 saturated carbocycles. The van der Waals surface area contributed by atoms with Crippen LogP contribution >= 0.6 is 27.3 Å². The molecule has 3 aromatic rings. The molecule has 5 nitrogen and oxygen atoms in total. The summed E-state index contributed by atoms with van der Waals surface area (Å²) < 4.78 is 2.67. The van der Waals surface area contributed by atoms with Gasteiger partial charge in [0.2, 0.25) is 0 Å². The highest BCUT2D eigenvalue weighted by Crippen LogP contribution is 2.21. The number of nitrogens with one attached hydrogen (secondary N) is 1. The molecule has 0 aliphatic rings. The Kier molecular flexibility index (Phi) is 4.08. The third-order valence-corrected chi connectivity index (χ3v) is 4.38. The highest BCUT2D eigenvalue weighted by molar-refractivity contribution is 9.10. The van der Waals surface area contributed by atoms with Crippen molar-refractivity contribution in [1.82, 2.24) is 14.8 Å². The van der Waals surface area contributed by atoms with Crippen LogP contribution in [0.4, 0.5) is 5.82 Å². The summed E-state index contributed by atoms with van der Waals surface area (Å²) >= 11 is 4.81. The lowest BCUT2D eigenvalue weighted by molar-refractivity contribution is 0.102. The number of carbonyl (C=O) groups excluding carboxylic acids is 1. The third kappa shape index (κ3) is 3.10. The quantitative estimate of drug-likeness (QED) is 0.752. The Labute approximate surface area is 140 Å². The van der Waals surface area contributed by atoms with E-state index in [1.807, 2.05) is 44.2 Å². The number of hydrogen-bond acceptors (Lipinski definition) is 4. The molecule has 0 radical (unpaired) electrons. The van der Waals surface area contributed by atoms with E-state index < -0.39 is 0 Å². The van der Waals surface area contributed by atoms with Crippen LogP contribution in [0.15, 0.2) is 41.0 Å². The number of thiazole rings is 1. The van der Waals surface area contributed by atoms with Gasteiger partial charge in [0.05, 0.1) is 22.6 Å². The van der Waals surface area contributed by atoms with E-state index in [1.54, 1.807) is 10.9 Å². The molecule has 0 aliphatic heterocycles. The summed E-state index contributed by atoms with van der Waals surface area (Å²) in [5, 5.41) is 8.20. The molecule has 0 atom stereocenters. The van der Waals surface area contributed by atoms with Gasteiger partial charge in [-0.1, -0.05) is 22.0 Å². The minimum Gasteiger partial charge on any atom is -0.306 e. The lowest BCUT2D eigenvalue weighted by Crippen LogP contribution is -2.14. The maximum atomic E-state index is 12.3. The van der Waals surface area contributed by atoms with Gasteiger partial charge >= 0.3 is 0 Å². The van der Waals surface area contributed by atoms with Gasteiger partial charge in [-0.25, -0.2) is 9.67 Å². The van der Waals surface area contributed by atoms with E-state index in [9.17, 15) is 4.79 Å². The average Bonchev–Trinajstić information content (AvgIpc) is 3.05. The first-order valence-electron chi connectivity index (χ1n) is 6.59. The van der Waals surface area contributed by atoms with Crippen LogP contribution in [0.3, 0.4) is 0 Å². The molecule has 22 heavy (non-hydrogen) atoms. The Hall–Kier alpha value is -1.99. The van der Waals surface area contributed by atoms with Gasteiger partial charge in [0.1, 0.15) is 10.7 Å². The van der Waals surface area contributed by atoms with Gasteiger partial charge in [-0.05, 0) is 32.0 Å². The zero-order valence-corrected chi connectivity index (χ0v) is 14.4. The van der Waals surface area contributed by atoms with E-state index in [0.717, 1.165) is 20.9 Å². The van der Waals surface area contributed by atoms with Crippen molar-refractivity contribution in [3.63, 3.8) is 0 Å². The van der Waals surface area contributed by atoms with E-state index in [0.29, 0.717) is 10.7 Å². The summed E-state index contributed by atoms with van der Waals surface area (Å²) in [6.45, 7) is 3.76. The maximum absolute atomic E-state index is 12.3. The Morgan fingerprint density at radius 3 is 2.82 bits per heavy atom. The molecular weight excluding hydrogens is 364 g/mol. The highest BCUT2D eigenvalue weighted by Gasteiger charge is 2.14. The van der Waals surface area contributed by atoms with Crippen molar-refractivity contribution < 1.29 is 4.79 Å². The van der Waals surface area contributed by atoms with E-state index in [-0.39, 0.29) is 5.91 Å². The second-order valence-corrected chi connectivity index (χ2v) is 6.91. The predicted molar refractivity (Wildman–Crippen MR) is 90.8 cm³/mol. The number of carbonyl (C=O) groups is 1. The van der Waals surface area contributed by atoms with Crippen molar-refractivity contribution in [3.8, 4) is 5.69 Å². The number of aromatic nitrogens is 3. The number of aryl methyl sites for hydroxylation is 2. The number of nitrogens with zero attached hydrogens (tertiary/aromatic N) is 3. The lowest BCUT2D eigenvalue weighted by Gasteiger charge is -2.08. The molecule has 0 bridgehead atoms. The molecule has 7 heteroatoms. The molecule has 0 aliphatic carbocycles. The fourth-order valence-corrected chi connectivity index (χ4v) is 3.10. The standard InChI is InChI=1S/C15H13BrN4OS/c1-9-6-14(18-15(21)13-8-17-10(2)22-13)20(19-9)12-5-3-4-11(16)7-12/h3-8H,1-2H3,(H,18,21). The topological polar surface area (TPSA) is 59.8 Å². The molecule has 0 unspecified atom stereocenters. The second kappa shape index (κ2) is 6.02. The van der Waals surface area contributed by atoms with Gasteiger partial charge < -0.3 is 5.32 Å². The largest absolute Gasteiger partial charge is 0.306 e. The minimum absolute atomic E-state index is 0.179. The van der Waals surface area contributed by atoms with Gasteiger partial charge in [-0.2, -0.15) is 5.10 Å². The summed E-state index contributed by atoms with van der Waals surface area (Å²) in [5.41, 5.74) is 1.70. The molecule has 3 rings (SSSR count). The average molecular weight is 377 g/mol. The van der Waals surface area contributed by atoms with E-state index in [4.69, 9.17) is 0 Å². The van der Waals surface area contributed by atoms with Crippen molar-refractivity contribution in [2.75, 3.05) is 5.32 Å². The molecule has 0 saturated heterocycles. The summed E-state index contributed by atoms with van der Waals surface area (Å²) in [5.74, 6) is 0.452. The van der Waals surface area contributed by atoms with Gasteiger partial charge in [0.25, 0.3) is 5.91 Å². The molecule has 1 N–H and O–H groups in total. The molecule has 112 valence electrons. The van der Waals surface area contributed by atoms with Crippen molar-refractivity contribution in [2.24, 2.45) is 0 Å². The smallest absolute Gasteiger partial charge is 0.268 e. The van der Waals surface area contributed by atoms with Crippen LogP contribution in [0.5, 0.6) is 0 Å². The fraction of sp³-hybridized carbons (Fsp3) is 0.133. The van der Waals surface area contributed by atoms with Gasteiger partial charge in [-0.3, -0.25) is 4.79 Å². The van der Waals surface area contributed by atoms with E-state index >= 15 is 0 Å². The zero-order valence-electron chi connectivity index (χ0n) is 12.0. The number of anilines is 1. The number of benzene rings is 1. The van der Waals surface area contributed by atoms with Crippen LogP contribution < -0.4 is 5.32 Å². The summed E-state index contributed by atoms with van der Waals surface area (Å²) in [6, 6.07) is 9.59. The van der Waals surface area contributed by atoms with Gasteiger partial charge in [0.15, 0.2) is 0 Å². The van der Waals surface area contributed by atoms with Crippen molar-refractivity contribution >= 4 is 39.0 Å². The first-order chi connectivity index (χ1) is 10.5. The van der Waals surface area contributed by atoms with Crippen LogP contribution in [-0.4, -0.2) is 20.7 Å². The lowest BCUT2D eigenvalue weighted by atomic mass is 10.3. The minimum atomic E-state index is -0.179. The van der Waals surface area contributed by atoms with Crippen LogP contribution in [0, 0.1) is 13.8 Å². The molecule has 0 spiro atoms.